The minimum absolute atomic E-state index is 0.0266. The van der Waals surface area contributed by atoms with Gasteiger partial charge in [0.2, 0.25) is 0 Å². The quantitative estimate of drug-likeness (QED) is 0.763. The molecular formula is C19H23N7O. The topological polar surface area (TPSA) is 71.2 Å². The standard InChI is InChI=1S/C19H23N7O/c1-23-14-17(13-22-23)24-8-10-25(11-9-24)19(27)21-12-16-4-2-3-5-18(16)26-7-6-20-15-26/h2-7,13-15H,8-12H2,1H3,(H,21,27). The number of rotatable bonds is 4. The number of amides is 2. The Bertz CT molecular complexity index is 894. The van der Waals surface area contributed by atoms with Gasteiger partial charge in [0.25, 0.3) is 0 Å². The van der Waals surface area contributed by atoms with Gasteiger partial charge in [0.1, 0.15) is 0 Å². The second kappa shape index (κ2) is 7.53. The molecule has 4 rings (SSSR count). The number of piperazine rings is 1. The van der Waals surface area contributed by atoms with E-state index < -0.39 is 0 Å². The number of para-hydroxylation sites is 1. The van der Waals surface area contributed by atoms with Gasteiger partial charge in [0.15, 0.2) is 0 Å². The molecule has 140 valence electrons. The molecule has 8 heteroatoms. The first-order valence-corrected chi connectivity index (χ1v) is 9.03. The predicted molar refractivity (Wildman–Crippen MR) is 103 cm³/mol. The summed E-state index contributed by atoms with van der Waals surface area (Å²) in [5.41, 5.74) is 3.18. The maximum absolute atomic E-state index is 12.6. The molecule has 0 aliphatic carbocycles. The van der Waals surface area contributed by atoms with Crippen molar-refractivity contribution in [2.75, 3.05) is 31.1 Å². The highest BCUT2D eigenvalue weighted by Crippen LogP contribution is 2.16. The maximum Gasteiger partial charge on any atom is 0.317 e. The van der Waals surface area contributed by atoms with Crippen LogP contribution in [0.1, 0.15) is 5.56 Å². The number of nitrogens with one attached hydrogen (secondary N) is 1. The molecule has 1 saturated heterocycles. The summed E-state index contributed by atoms with van der Waals surface area (Å²) < 4.78 is 3.75. The van der Waals surface area contributed by atoms with Gasteiger partial charge in [-0.25, -0.2) is 9.78 Å². The van der Waals surface area contributed by atoms with Crippen LogP contribution in [0.4, 0.5) is 10.5 Å². The molecule has 3 aromatic rings. The molecule has 1 aromatic carbocycles. The Kier molecular flexibility index (Phi) is 4.78. The van der Waals surface area contributed by atoms with E-state index >= 15 is 0 Å². The molecule has 0 radical (unpaired) electrons. The lowest BCUT2D eigenvalue weighted by atomic mass is 10.1. The van der Waals surface area contributed by atoms with Crippen molar-refractivity contribution in [1.82, 2.24) is 29.5 Å². The number of anilines is 1. The van der Waals surface area contributed by atoms with Crippen LogP contribution in [0, 0.1) is 0 Å². The minimum atomic E-state index is -0.0266. The largest absolute Gasteiger partial charge is 0.365 e. The monoisotopic (exact) mass is 365 g/mol. The highest BCUT2D eigenvalue weighted by molar-refractivity contribution is 5.74. The van der Waals surface area contributed by atoms with E-state index in [-0.39, 0.29) is 6.03 Å². The van der Waals surface area contributed by atoms with Gasteiger partial charge in [-0.2, -0.15) is 5.10 Å². The highest BCUT2D eigenvalue weighted by atomic mass is 16.2. The van der Waals surface area contributed by atoms with Crippen molar-refractivity contribution in [2.45, 2.75) is 6.54 Å². The Hall–Kier alpha value is -3.29. The Morgan fingerprint density at radius 2 is 2.00 bits per heavy atom. The number of carbonyl (C=O) groups excluding carboxylic acids is 1. The van der Waals surface area contributed by atoms with Crippen molar-refractivity contribution in [1.29, 1.82) is 0 Å². The van der Waals surface area contributed by atoms with Gasteiger partial charge in [-0.3, -0.25) is 4.68 Å². The normalized spacial score (nSPS) is 14.4. The number of aryl methyl sites for hydroxylation is 1. The molecule has 0 unspecified atom stereocenters. The van der Waals surface area contributed by atoms with E-state index in [1.807, 2.05) is 59.4 Å². The summed E-state index contributed by atoms with van der Waals surface area (Å²) in [6.45, 7) is 3.50. The highest BCUT2D eigenvalue weighted by Gasteiger charge is 2.21. The van der Waals surface area contributed by atoms with Crippen molar-refractivity contribution >= 4 is 11.7 Å². The number of hydrogen-bond donors (Lipinski definition) is 1. The van der Waals surface area contributed by atoms with Crippen molar-refractivity contribution in [3.63, 3.8) is 0 Å². The molecule has 1 fully saturated rings. The van der Waals surface area contributed by atoms with Crippen LogP contribution in [0.15, 0.2) is 55.4 Å². The lowest BCUT2D eigenvalue weighted by Crippen LogP contribution is -2.51. The van der Waals surface area contributed by atoms with Crippen molar-refractivity contribution in [3.8, 4) is 5.69 Å². The number of nitrogens with zero attached hydrogens (tertiary/aromatic N) is 6. The fraction of sp³-hybridized carbons (Fsp3) is 0.316. The number of benzene rings is 1. The maximum atomic E-state index is 12.6. The molecule has 2 amide bonds. The van der Waals surface area contributed by atoms with E-state index in [0.717, 1.165) is 30.0 Å². The summed E-state index contributed by atoms with van der Waals surface area (Å²) in [4.78, 5) is 20.8. The second-order valence-corrected chi connectivity index (χ2v) is 6.60. The predicted octanol–water partition coefficient (Wildman–Crippen LogP) is 1.64. The van der Waals surface area contributed by atoms with Crippen molar-refractivity contribution in [2.24, 2.45) is 7.05 Å². The average molecular weight is 365 g/mol. The third-order valence-corrected chi connectivity index (χ3v) is 4.83. The van der Waals surface area contributed by atoms with Gasteiger partial charge in [-0.05, 0) is 11.6 Å². The van der Waals surface area contributed by atoms with E-state index in [2.05, 4.69) is 20.3 Å². The lowest BCUT2D eigenvalue weighted by molar-refractivity contribution is 0.194. The number of imidazole rings is 1. The van der Waals surface area contributed by atoms with Crippen LogP contribution < -0.4 is 10.2 Å². The number of urea groups is 1. The SMILES string of the molecule is Cn1cc(N2CCN(C(=O)NCc3ccccc3-n3ccnc3)CC2)cn1. The van der Waals surface area contributed by atoms with Crippen LogP contribution >= 0.6 is 0 Å². The summed E-state index contributed by atoms with van der Waals surface area (Å²) in [6, 6.07) is 7.99. The van der Waals surface area contributed by atoms with E-state index in [1.54, 1.807) is 17.2 Å². The van der Waals surface area contributed by atoms with Crippen LogP contribution in [0.5, 0.6) is 0 Å². The Labute approximate surface area is 158 Å². The molecule has 0 bridgehead atoms. The van der Waals surface area contributed by atoms with Gasteiger partial charge in [0.05, 0.1) is 23.9 Å². The number of carbonyl (C=O) groups is 1. The zero-order chi connectivity index (χ0) is 18.6. The molecule has 0 saturated carbocycles. The Morgan fingerprint density at radius 3 is 2.70 bits per heavy atom. The molecule has 1 aliphatic rings. The van der Waals surface area contributed by atoms with E-state index in [4.69, 9.17) is 0 Å². The van der Waals surface area contributed by atoms with Crippen LogP contribution in [0.2, 0.25) is 0 Å². The molecular weight excluding hydrogens is 342 g/mol. The van der Waals surface area contributed by atoms with E-state index in [0.29, 0.717) is 19.6 Å². The second-order valence-electron chi connectivity index (χ2n) is 6.60. The van der Waals surface area contributed by atoms with Crippen LogP contribution in [-0.4, -0.2) is 56.4 Å². The first-order chi connectivity index (χ1) is 13.2. The summed E-state index contributed by atoms with van der Waals surface area (Å²) in [5.74, 6) is 0. The summed E-state index contributed by atoms with van der Waals surface area (Å²) >= 11 is 0. The summed E-state index contributed by atoms with van der Waals surface area (Å²) in [5, 5.41) is 7.26. The van der Waals surface area contributed by atoms with Crippen LogP contribution in [0.3, 0.4) is 0 Å². The zero-order valence-electron chi connectivity index (χ0n) is 15.3. The summed E-state index contributed by atoms with van der Waals surface area (Å²) in [7, 11) is 1.91. The van der Waals surface area contributed by atoms with Crippen molar-refractivity contribution < 1.29 is 4.79 Å². The zero-order valence-corrected chi connectivity index (χ0v) is 15.3. The Balaban J connectivity index is 1.33. The fourth-order valence-electron chi connectivity index (χ4n) is 3.34. The Morgan fingerprint density at radius 1 is 1.19 bits per heavy atom. The third-order valence-electron chi connectivity index (χ3n) is 4.83. The fourth-order valence-corrected chi connectivity index (χ4v) is 3.34. The number of hydrogen-bond acceptors (Lipinski definition) is 4. The molecule has 27 heavy (non-hydrogen) atoms. The van der Waals surface area contributed by atoms with E-state index in [9.17, 15) is 4.79 Å². The summed E-state index contributed by atoms with van der Waals surface area (Å²) in [6.07, 6.45) is 9.28. The molecule has 1 aliphatic heterocycles. The molecule has 2 aromatic heterocycles. The molecule has 8 nitrogen and oxygen atoms in total. The molecule has 3 heterocycles. The van der Waals surface area contributed by atoms with Crippen LogP contribution in [0.25, 0.3) is 5.69 Å². The van der Waals surface area contributed by atoms with Gasteiger partial charge in [-0.15, -0.1) is 0 Å². The first-order valence-electron chi connectivity index (χ1n) is 9.03. The van der Waals surface area contributed by atoms with Gasteiger partial charge in [0, 0.05) is 58.4 Å². The average Bonchev–Trinajstić information content (AvgIpc) is 3.38. The van der Waals surface area contributed by atoms with Crippen LogP contribution in [-0.2, 0) is 13.6 Å². The lowest BCUT2D eigenvalue weighted by Gasteiger charge is -2.35. The molecule has 0 atom stereocenters. The molecule has 1 N–H and O–H groups in total. The van der Waals surface area contributed by atoms with E-state index in [1.165, 1.54) is 0 Å². The molecule has 0 spiro atoms. The first kappa shape index (κ1) is 17.1. The minimum Gasteiger partial charge on any atom is -0.365 e. The van der Waals surface area contributed by atoms with Crippen molar-refractivity contribution in [3.05, 3.63) is 60.9 Å². The third kappa shape index (κ3) is 3.79. The number of aromatic nitrogens is 4. The van der Waals surface area contributed by atoms with Gasteiger partial charge < -0.3 is 19.7 Å². The smallest absolute Gasteiger partial charge is 0.317 e. The van der Waals surface area contributed by atoms with Gasteiger partial charge in [-0.1, -0.05) is 18.2 Å². The van der Waals surface area contributed by atoms with Gasteiger partial charge >= 0.3 is 6.03 Å².